The molecule has 1 aliphatic heterocycles. The number of sulfone groups is 1. The number of benzene rings is 1. The zero-order valence-electron chi connectivity index (χ0n) is 12.8. The van der Waals surface area contributed by atoms with Crippen LogP contribution in [-0.2, 0) is 26.6 Å². The minimum absolute atomic E-state index is 0.00859. The topological polar surface area (TPSA) is 74.7 Å². The number of halogens is 3. The lowest BCUT2D eigenvalue weighted by atomic mass is 10.1. The van der Waals surface area contributed by atoms with Gasteiger partial charge in [0.15, 0.2) is 9.84 Å². The van der Waals surface area contributed by atoms with Crippen LogP contribution < -0.4 is 0 Å². The molecule has 1 aromatic rings. The first-order chi connectivity index (χ1) is 11.1. The molecule has 0 saturated carbocycles. The lowest BCUT2D eigenvalue weighted by molar-refractivity contribution is -0.137. The summed E-state index contributed by atoms with van der Waals surface area (Å²) in [4.78, 5) is 12.9. The molecule has 5 nitrogen and oxygen atoms in total. The molecule has 1 aromatic carbocycles. The number of likely N-dealkylation sites (tertiary alicyclic amines) is 1. The monoisotopic (exact) mass is 365 g/mol. The number of β-amino-alcohol motifs (C(OH)–C–C–N with tert-alkyl or cyclic N) is 1. The van der Waals surface area contributed by atoms with Crippen LogP contribution in [0.4, 0.5) is 13.2 Å². The van der Waals surface area contributed by atoms with Crippen molar-refractivity contribution in [3.05, 3.63) is 35.4 Å². The maximum absolute atomic E-state index is 12.6. The fourth-order valence-electron chi connectivity index (χ4n) is 2.65. The SMILES string of the molecule is O=C1CCCN1C[C@H](O)CS(=O)(=O)Cc1cccc(C(F)(F)F)c1. The van der Waals surface area contributed by atoms with E-state index in [-0.39, 0.29) is 18.0 Å². The standard InChI is InChI=1S/C15H18F3NO4S/c16-15(17,18)12-4-1-3-11(7-12)9-24(22,23)10-13(20)8-19-6-2-5-14(19)21/h1,3-4,7,13,20H,2,5-6,8-10H2/t13-/m0/s1. The highest BCUT2D eigenvalue weighted by Gasteiger charge is 2.31. The molecule has 2 rings (SSSR count). The van der Waals surface area contributed by atoms with E-state index in [2.05, 4.69) is 0 Å². The molecule has 0 radical (unpaired) electrons. The van der Waals surface area contributed by atoms with Crippen LogP contribution in [0.2, 0.25) is 0 Å². The summed E-state index contributed by atoms with van der Waals surface area (Å²) in [5.41, 5.74) is -0.910. The zero-order valence-corrected chi connectivity index (χ0v) is 13.6. The number of carbonyl (C=O) groups excluding carboxylic acids is 1. The number of rotatable bonds is 6. The van der Waals surface area contributed by atoms with Crippen molar-refractivity contribution < 1.29 is 31.5 Å². The van der Waals surface area contributed by atoms with Gasteiger partial charge in [0, 0.05) is 19.5 Å². The van der Waals surface area contributed by atoms with E-state index in [1.165, 1.54) is 11.0 Å². The Labute approximate surface area is 138 Å². The van der Waals surface area contributed by atoms with Gasteiger partial charge >= 0.3 is 6.18 Å². The second kappa shape index (κ2) is 7.10. The third kappa shape index (κ3) is 5.20. The highest BCUT2D eigenvalue weighted by atomic mass is 32.2. The molecule has 1 saturated heterocycles. The lowest BCUT2D eigenvalue weighted by Crippen LogP contribution is -2.37. The number of amides is 1. The fourth-order valence-corrected chi connectivity index (χ4v) is 4.14. The normalized spacial score (nSPS) is 17.3. The van der Waals surface area contributed by atoms with Gasteiger partial charge in [0.25, 0.3) is 0 Å². The number of aliphatic hydroxyl groups excluding tert-OH is 1. The van der Waals surface area contributed by atoms with Crippen molar-refractivity contribution >= 4 is 15.7 Å². The Morgan fingerprint density at radius 1 is 1.29 bits per heavy atom. The second-order valence-electron chi connectivity index (χ2n) is 5.85. The lowest BCUT2D eigenvalue weighted by Gasteiger charge is -2.19. The van der Waals surface area contributed by atoms with Gasteiger partial charge in [0.2, 0.25) is 5.91 Å². The number of hydrogen-bond acceptors (Lipinski definition) is 4. The second-order valence-corrected chi connectivity index (χ2v) is 7.96. The van der Waals surface area contributed by atoms with Gasteiger partial charge in [-0.2, -0.15) is 13.2 Å². The molecule has 1 amide bonds. The molecule has 0 unspecified atom stereocenters. The first kappa shape index (κ1) is 18.7. The molecule has 24 heavy (non-hydrogen) atoms. The molecule has 0 aliphatic carbocycles. The van der Waals surface area contributed by atoms with Crippen molar-refractivity contribution in [3.8, 4) is 0 Å². The molecule has 1 atom stereocenters. The molecular formula is C15H18F3NO4S. The summed E-state index contributed by atoms with van der Waals surface area (Å²) >= 11 is 0. The molecule has 0 spiro atoms. The average Bonchev–Trinajstić information content (AvgIpc) is 2.82. The maximum Gasteiger partial charge on any atom is 0.416 e. The van der Waals surface area contributed by atoms with E-state index < -0.39 is 39.2 Å². The maximum atomic E-state index is 12.6. The Hall–Kier alpha value is -1.61. The van der Waals surface area contributed by atoms with Crippen molar-refractivity contribution in [1.82, 2.24) is 4.90 Å². The molecule has 1 fully saturated rings. The van der Waals surface area contributed by atoms with Crippen LogP contribution in [-0.4, -0.2) is 49.3 Å². The number of nitrogens with zero attached hydrogens (tertiary/aromatic N) is 1. The predicted octanol–water partition coefficient (Wildman–Crippen LogP) is 1.60. The summed E-state index contributed by atoms with van der Waals surface area (Å²) < 4.78 is 62.1. The molecule has 1 heterocycles. The minimum Gasteiger partial charge on any atom is -0.390 e. The number of carbonyl (C=O) groups is 1. The fraction of sp³-hybridized carbons (Fsp3) is 0.533. The number of aliphatic hydroxyl groups is 1. The summed E-state index contributed by atoms with van der Waals surface area (Å²) in [6.07, 6.45) is -4.76. The quantitative estimate of drug-likeness (QED) is 0.831. The van der Waals surface area contributed by atoms with E-state index in [0.29, 0.717) is 19.4 Å². The Balaban J connectivity index is 1.99. The number of alkyl halides is 3. The van der Waals surface area contributed by atoms with E-state index in [0.717, 1.165) is 18.2 Å². The summed E-state index contributed by atoms with van der Waals surface area (Å²) in [5.74, 6) is -1.33. The Kier molecular flexibility index (Phi) is 5.54. The minimum atomic E-state index is -4.55. The van der Waals surface area contributed by atoms with Crippen LogP contribution in [0, 0.1) is 0 Å². The summed E-state index contributed by atoms with van der Waals surface area (Å²) in [5, 5.41) is 9.87. The van der Waals surface area contributed by atoms with Crippen LogP contribution >= 0.6 is 0 Å². The average molecular weight is 365 g/mol. The van der Waals surface area contributed by atoms with Crippen molar-refractivity contribution in [2.75, 3.05) is 18.8 Å². The third-order valence-electron chi connectivity index (χ3n) is 3.69. The van der Waals surface area contributed by atoms with Crippen LogP contribution in [0.15, 0.2) is 24.3 Å². The smallest absolute Gasteiger partial charge is 0.390 e. The summed E-state index contributed by atoms with van der Waals surface area (Å²) in [7, 11) is -3.81. The van der Waals surface area contributed by atoms with Crippen molar-refractivity contribution in [2.45, 2.75) is 30.9 Å². The Bertz CT molecular complexity index is 703. The van der Waals surface area contributed by atoms with E-state index in [1.807, 2.05) is 0 Å². The van der Waals surface area contributed by atoms with Gasteiger partial charge in [-0.25, -0.2) is 8.42 Å². The molecule has 1 aliphatic rings. The van der Waals surface area contributed by atoms with E-state index >= 15 is 0 Å². The molecular weight excluding hydrogens is 347 g/mol. The van der Waals surface area contributed by atoms with Gasteiger partial charge in [0.1, 0.15) is 0 Å². The third-order valence-corrected chi connectivity index (χ3v) is 5.36. The first-order valence-corrected chi connectivity index (χ1v) is 9.21. The van der Waals surface area contributed by atoms with E-state index in [1.54, 1.807) is 0 Å². The van der Waals surface area contributed by atoms with E-state index in [4.69, 9.17) is 0 Å². The van der Waals surface area contributed by atoms with Gasteiger partial charge in [-0.1, -0.05) is 18.2 Å². The zero-order chi connectivity index (χ0) is 18.0. The first-order valence-electron chi connectivity index (χ1n) is 7.39. The van der Waals surface area contributed by atoms with Crippen molar-refractivity contribution in [2.24, 2.45) is 0 Å². The van der Waals surface area contributed by atoms with Crippen LogP contribution in [0.5, 0.6) is 0 Å². The van der Waals surface area contributed by atoms with Gasteiger partial charge in [-0.3, -0.25) is 4.79 Å². The van der Waals surface area contributed by atoms with E-state index in [9.17, 15) is 31.5 Å². The van der Waals surface area contributed by atoms with Gasteiger partial charge in [0.05, 0.1) is 23.2 Å². The molecule has 134 valence electrons. The molecule has 9 heteroatoms. The van der Waals surface area contributed by atoms with Crippen molar-refractivity contribution in [3.63, 3.8) is 0 Å². The highest BCUT2D eigenvalue weighted by molar-refractivity contribution is 7.90. The predicted molar refractivity (Wildman–Crippen MR) is 80.8 cm³/mol. The number of hydrogen-bond donors (Lipinski definition) is 1. The van der Waals surface area contributed by atoms with Gasteiger partial charge in [-0.05, 0) is 18.1 Å². The molecule has 1 N–H and O–H groups in total. The summed E-state index contributed by atoms with van der Waals surface area (Å²) in [6, 6.07) is 4.09. The largest absolute Gasteiger partial charge is 0.416 e. The molecule has 0 bridgehead atoms. The highest BCUT2D eigenvalue weighted by Crippen LogP contribution is 2.29. The Morgan fingerprint density at radius 3 is 2.58 bits per heavy atom. The van der Waals surface area contributed by atoms with Gasteiger partial charge < -0.3 is 10.0 Å². The van der Waals surface area contributed by atoms with Crippen LogP contribution in [0.25, 0.3) is 0 Å². The van der Waals surface area contributed by atoms with Crippen molar-refractivity contribution in [1.29, 1.82) is 0 Å². The Morgan fingerprint density at radius 2 is 2.00 bits per heavy atom. The van der Waals surface area contributed by atoms with Crippen LogP contribution in [0.3, 0.4) is 0 Å². The van der Waals surface area contributed by atoms with Gasteiger partial charge in [-0.15, -0.1) is 0 Å². The van der Waals surface area contributed by atoms with Crippen LogP contribution in [0.1, 0.15) is 24.0 Å². The summed E-state index contributed by atoms with van der Waals surface area (Å²) in [6.45, 7) is 0.393. The molecule has 0 aromatic heterocycles.